The van der Waals surface area contributed by atoms with E-state index in [4.69, 9.17) is 0 Å². The zero-order chi connectivity index (χ0) is 12.7. The van der Waals surface area contributed by atoms with E-state index < -0.39 is 0 Å². The van der Waals surface area contributed by atoms with Crippen LogP contribution in [-0.4, -0.2) is 15.0 Å². The van der Waals surface area contributed by atoms with Crippen LogP contribution in [0.25, 0.3) is 20.8 Å². The van der Waals surface area contributed by atoms with Gasteiger partial charge in [-0.1, -0.05) is 12.1 Å². The van der Waals surface area contributed by atoms with Gasteiger partial charge in [0.1, 0.15) is 10.8 Å². The van der Waals surface area contributed by atoms with Crippen molar-refractivity contribution in [2.75, 3.05) is 0 Å². The van der Waals surface area contributed by atoms with Crippen LogP contribution in [0.4, 0.5) is 0 Å². The first kappa shape index (κ1) is 11.3. The molecule has 0 fully saturated rings. The molecule has 0 saturated carbocycles. The molecule has 0 saturated heterocycles. The average Bonchev–Trinajstić information content (AvgIpc) is 2.70. The zero-order valence-electron chi connectivity index (χ0n) is 10.6. The molecule has 0 N–H and O–H groups in total. The summed E-state index contributed by atoms with van der Waals surface area (Å²) >= 11 is 1.69. The van der Waals surface area contributed by atoms with Gasteiger partial charge in [-0.25, -0.2) is 15.0 Å². The van der Waals surface area contributed by atoms with Crippen LogP contribution in [-0.2, 0) is 0 Å². The summed E-state index contributed by atoms with van der Waals surface area (Å²) in [5.74, 6) is 0.815. The molecule has 0 aliphatic heterocycles. The SMILES string of the molecule is Cc1nc(C)c(-c2nc3ccccc3s2)c(C)n1. The van der Waals surface area contributed by atoms with Crippen molar-refractivity contribution in [2.45, 2.75) is 20.8 Å². The highest BCUT2D eigenvalue weighted by Gasteiger charge is 2.13. The molecule has 4 heteroatoms. The summed E-state index contributed by atoms with van der Waals surface area (Å²) in [6.07, 6.45) is 0. The number of benzene rings is 1. The third kappa shape index (κ3) is 1.78. The van der Waals surface area contributed by atoms with E-state index in [2.05, 4.69) is 21.0 Å². The van der Waals surface area contributed by atoms with Gasteiger partial charge in [0.2, 0.25) is 0 Å². The van der Waals surface area contributed by atoms with Gasteiger partial charge < -0.3 is 0 Å². The second-order valence-corrected chi connectivity index (χ2v) is 5.33. The second kappa shape index (κ2) is 4.14. The highest BCUT2D eigenvalue weighted by atomic mass is 32.1. The Balaban J connectivity index is 2.26. The molecule has 2 aromatic heterocycles. The number of hydrogen-bond donors (Lipinski definition) is 0. The van der Waals surface area contributed by atoms with Crippen molar-refractivity contribution in [1.29, 1.82) is 0 Å². The number of nitrogens with zero attached hydrogens (tertiary/aromatic N) is 3. The smallest absolute Gasteiger partial charge is 0.128 e. The molecule has 3 nitrogen and oxygen atoms in total. The lowest BCUT2D eigenvalue weighted by molar-refractivity contribution is 0.980. The monoisotopic (exact) mass is 255 g/mol. The van der Waals surface area contributed by atoms with Gasteiger partial charge in [0, 0.05) is 0 Å². The third-order valence-corrected chi connectivity index (χ3v) is 3.94. The quantitative estimate of drug-likeness (QED) is 0.666. The summed E-state index contributed by atoms with van der Waals surface area (Å²) in [5, 5.41) is 1.01. The van der Waals surface area contributed by atoms with Crippen molar-refractivity contribution in [2.24, 2.45) is 0 Å². The van der Waals surface area contributed by atoms with Crippen LogP contribution in [0.1, 0.15) is 17.2 Å². The molecular weight excluding hydrogens is 242 g/mol. The number of para-hydroxylation sites is 1. The highest BCUT2D eigenvalue weighted by Crippen LogP contribution is 2.32. The van der Waals surface area contributed by atoms with Crippen molar-refractivity contribution in [1.82, 2.24) is 15.0 Å². The average molecular weight is 255 g/mol. The number of aryl methyl sites for hydroxylation is 3. The Morgan fingerprint density at radius 3 is 2.22 bits per heavy atom. The molecule has 2 heterocycles. The van der Waals surface area contributed by atoms with Crippen molar-refractivity contribution < 1.29 is 0 Å². The highest BCUT2D eigenvalue weighted by molar-refractivity contribution is 7.21. The van der Waals surface area contributed by atoms with E-state index >= 15 is 0 Å². The molecule has 90 valence electrons. The van der Waals surface area contributed by atoms with E-state index in [0.29, 0.717) is 0 Å². The van der Waals surface area contributed by atoms with Gasteiger partial charge in [-0.3, -0.25) is 0 Å². The molecule has 1 aromatic carbocycles. The Morgan fingerprint density at radius 2 is 1.56 bits per heavy atom. The summed E-state index contributed by atoms with van der Waals surface area (Å²) < 4.78 is 1.20. The Hall–Kier alpha value is -1.81. The van der Waals surface area contributed by atoms with Crippen LogP contribution in [0.3, 0.4) is 0 Å². The number of aromatic nitrogens is 3. The fraction of sp³-hybridized carbons (Fsp3) is 0.214. The van der Waals surface area contributed by atoms with E-state index in [1.807, 2.05) is 39.0 Å². The van der Waals surface area contributed by atoms with Crippen LogP contribution in [0, 0.1) is 20.8 Å². The van der Waals surface area contributed by atoms with E-state index in [0.717, 1.165) is 33.3 Å². The van der Waals surface area contributed by atoms with E-state index in [9.17, 15) is 0 Å². The van der Waals surface area contributed by atoms with Crippen molar-refractivity contribution in [3.8, 4) is 10.6 Å². The Bertz CT molecular complexity index is 675. The maximum Gasteiger partial charge on any atom is 0.128 e. The van der Waals surface area contributed by atoms with E-state index in [1.165, 1.54) is 4.70 Å². The largest absolute Gasteiger partial charge is 0.238 e. The minimum absolute atomic E-state index is 0.815. The summed E-state index contributed by atoms with van der Waals surface area (Å²) in [4.78, 5) is 13.5. The Labute approximate surface area is 110 Å². The van der Waals surface area contributed by atoms with Crippen molar-refractivity contribution in [3.05, 3.63) is 41.5 Å². The van der Waals surface area contributed by atoms with Crippen LogP contribution in [0.2, 0.25) is 0 Å². The molecular formula is C14H13N3S. The van der Waals surface area contributed by atoms with Gasteiger partial charge in [-0.15, -0.1) is 11.3 Å². The lowest BCUT2D eigenvalue weighted by atomic mass is 10.2. The fourth-order valence-electron chi connectivity index (χ4n) is 2.17. The Morgan fingerprint density at radius 1 is 0.889 bits per heavy atom. The van der Waals surface area contributed by atoms with Gasteiger partial charge in [0.15, 0.2) is 0 Å². The molecule has 3 aromatic rings. The number of thiazole rings is 1. The van der Waals surface area contributed by atoms with Crippen molar-refractivity contribution in [3.63, 3.8) is 0 Å². The molecule has 0 amide bonds. The van der Waals surface area contributed by atoms with Gasteiger partial charge in [-0.2, -0.15) is 0 Å². The topological polar surface area (TPSA) is 38.7 Å². The lowest BCUT2D eigenvalue weighted by Gasteiger charge is -2.05. The van der Waals surface area contributed by atoms with Crippen LogP contribution < -0.4 is 0 Å². The molecule has 0 radical (unpaired) electrons. The molecule has 0 bridgehead atoms. The molecule has 0 aliphatic rings. The molecule has 0 aliphatic carbocycles. The minimum atomic E-state index is 0.815. The third-order valence-electron chi connectivity index (χ3n) is 2.89. The second-order valence-electron chi connectivity index (χ2n) is 4.30. The van der Waals surface area contributed by atoms with Gasteiger partial charge in [0.05, 0.1) is 27.2 Å². The maximum atomic E-state index is 4.67. The molecule has 3 rings (SSSR count). The summed E-state index contributed by atoms with van der Waals surface area (Å²) in [6.45, 7) is 5.95. The molecule has 0 atom stereocenters. The van der Waals surface area contributed by atoms with E-state index in [-0.39, 0.29) is 0 Å². The summed E-state index contributed by atoms with van der Waals surface area (Å²) in [7, 11) is 0. The first-order chi connectivity index (χ1) is 8.65. The normalized spacial score (nSPS) is 11.1. The number of fused-ring (bicyclic) bond motifs is 1. The first-order valence-electron chi connectivity index (χ1n) is 5.83. The molecule has 0 unspecified atom stereocenters. The predicted molar refractivity (Wildman–Crippen MR) is 74.9 cm³/mol. The first-order valence-corrected chi connectivity index (χ1v) is 6.64. The maximum absolute atomic E-state index is 4.67. The lowest BCUT2D eigenvalue weighted by Crippen LogP contribution is -1.98. The summed E-state index contributed by atoms with van der Waals surface area (Å²) in [6, 6.07) is 8.18. The van der Waals surface area contributed by atoms with E-state index in [1.54, 1.807) is 11.3 Å². The number of rotatable bonds is 1. The molecule has 18 heavy (non-hydrogen) atoms. The Kier molecular flexibility index (Phi) is 2.59. The summed E-state index contributed by atoms with van der Waals surface area (Å²) in [5.41, 5.74) is 4.11. The molecule has 0 spiro atoms. The minimum Gasteiger partial charge on any atom is -0.238 e. The van der Waals surface area contributed by atoms with Crippen LogP contribution in [0.15, 0.2) is 24.3 Å². The van der Waals surface area contributed by atoms with Gasteiger partial charge in [-0.05, 0) is 32.9 Å². The predicted octanol–water partition coefficient (Wildman–Crippen LogP) is 3.68. The van der Waals surface area contributed by atoms with Crippen LogP contribution >= 0.6 is 11.3 Å². The number of hydrogen-bond acceptors (Lipinski definition) is 4. The van der Waals surface area contributed by atoms with Crippen molar-refractivity contribution >= 4 is 21.6 Å². The van der Waals surface area contributed by atoms with Gasteiger partial charge >= 0.3 is 0 Å². The van der Waals surface area contributed by atoms with Gasteiger partial charge in [0.25, 0.3) is 0 Å². The van der Waals surface area contributed by atoms with Crippen LogP contribution in [0.5, 0.6) is 0 Å². The standard InChI is InChI=1S/C14H13N3S/c1-8-13(9(2)16-10(3)15-8)14-17-11-6-4-5-7-12(11)18-14/h4-7H,1-3H3. The zero-order valence-corrected chi connectivity index (χ0v) is 11.4. The fourth-order valence-corrected chi connectivity index (χ4v) is 3.29.